The van der Waals surface area contributed by atoms with Crippen LogP contribution in [0.2, 0.25) is 0 Å². The number of nitrogens with one attached hydrogen (secondary N) is 2. The van der Waals surface area contributed by atoms with E-state index in [1.165, 1.54) is 12.1 Å². The lowest BCUT2D eigenvalue weighted by Crippen LogP contribution is -2.59. The fourth-order valence-corrected chi connectivity index (χ4v) is 1.82. The number of aromatic hydroxyl groups is 1. The Morgan fingerprint density at radius 1 is 1.45 bits per heavy atom. The lowest BCUT2D eigenvalue weighted by atomic mass is 10.0. The van der Waals surface area contributed by atoms with Crippen molar-refractivity contribution < 1.29 is 24.5 Å². The molecule has 1 amide bonds. The molecule has 7 heteroatoms. The van der Waals surface area contributed by atoms with Crippen molar-refractivity contribution in [2.45, 2.75) is 12.5 Å². The van der Waals surface area contributed by atoms with Crippen molar-refractivity contribution in [1.82, 2.24) is 5.32 Å². The molecule has 0 unspecified atom stereocenters. The molecule has 1 aliphatic rings. The van der Waals surface area contributed by atoms with E-state index in [0.717, 1.165) is 6.07 Å². The number of carbonyl (C=O) groups is 2. The van der Waals surface area contributed by atoms with Crippen LogP contribution < -0.4 is 10.6 Å². The predicted octanol–water partition coefficient (Wildman–Crippen LogP) is 0.407. The number of amides is 1. The molecule has 108 valence electrons. The molecule has 4 N–H and O–H groups in total. The number of rotatable bonds is 5. The maximum atomic E-state index is 11.7. The summed E-state index contributed by atoms with van der Waals surface area (Å²) < 4.78 is 5.45. The molecular formula is C13H16N2O5. The second-order valence-electron chi connectivity index (χ2n) is 4.93. The van der Waals surface area contributed by atoms with Gasteiger partial charge in [-0.15, -0.1) is 0 Å². The third-order valence-electron chi connectivity index (χ3n) is 3.06. The second kappa shape index (κ2) is 5.48. The first kappa shape index (κ1) is 14.3. The van der Waals surface area contributed by atoms with Gasteiger partial charge >= 0.3 is 5.97 Å². The molecule has 0 radical (unpaired) electrons. The number of ether oxygens (including phenoxy) is 1. The minimum Gasteiger partial charge on any atom is -0.508 e. The quantitative estimate of drug-likeness (QED) is 0.582. The SMILES string of the molecule is CC1(OCC(=O)Nc2ccc(O)cc2C(=O)O)CNC1. The highest BCUT2D eigenvalue weighted by atomic mass is 16.5. The molecule has 1 aromatic carbocycles. The number of anilines is 1. The van der Waals surface area contributed by atoms with Crippen molar-refractivity contribution >= 4 is 17.6 Å². The van der Waals surface area contributed by atoms with Crippen LogP contribution in [0.4, 0.5) is 5.69 Å². The van der Waals surface area contributed by atoms with E-state index < -0.39 is 11.9 Å². The first-order valence-corrected chi connectivity index (χ1v) is 6.10. The Balaban J connectivity index is 1.98. The van der Waals surface area contributed by atoms with Gasteiger partial charge in [0, 0.05) is 13.1 Å². The third-order valence-corrected chi connectivity index (χ3v) is 3.06. The molecule has 1 aromatic rings. The van der Waals surface area contributed by atoms with Crippen LogP contribution in [0.25, 0.3) is 0 Å². The van der Waals surface area contributed by atoms with Gasteiger partial charge in [0.05, 0.1) is 16.9 Å². The highest BCUT2D eigenvalue weighted by Crippen LogP contribution is 2.21. The van der Waals surface area contributed by atoms with E-state index in [4.69, 9.17) is 9.84 Å². The molecular weight excluding hydrogens is 264 g/mol. The van der Waals surface area contributed by atoms with E-state index in [1.54, 1.807) is 0 Å². The van der Waals surface area contributed by atoms with Crippen molar-refractivity contribution in [1.29, 1.82) is 0 Å². The molecule has 0 bridgehead atoms. The average Bonchev–Trinajstić information content (AvgIpc) is 2.36. The van der Waals surface area contributed by atoms with Gasteiger partial charge in [-0.3, -0.25) is 4.79 Å². The van der Waals surface area contributed by atoms with Gasteiger partial charge in [0.2, 0.25) is 5.91 Å². The van der Waals surface area contributed by atoms with Crippen LogP contribution in [-0.2, 0) is 9.53 Å². The molecule has 0 atom stereocenters. The van der Waals surface area contributed by atoms with Crippen molar-refractivity contribution in [2.24, 2.45) is 0 Å². The molecule has 1 aliphatic heterocycles. The summed E-state index contributed by atoms with van der Waals surface area (Å²) in [4.78, 5) is 22.8. The van der Waals surface area contributed by atoms with Crippen molar-refractivity contribution in [3.05, 3.63) is 23.8 Å². The average molecular weight is 280 g/mol. The molecule has 0 saturated carbocycles. The monoisotopic (exact) mass is 280 g/mol. The normalized spacial score (nSPS) is 16.2. The first-order valence-electron chi connectivity index (χ1n) is 6.10. The van der Waals surface area contributed by atoms with E-state index in [0.29, 0.717) is 13.1 Å². The predicted molar refractivity (Wildman–Crippen MR) is 70.9 cm³/mol. The molecule has 20 heavy (non-hydrogen) atoms. The zero-order valence-corrected chi connectivity index (χ0v) is 11.0. The number of hydrogen-bond acceptors (Lipinski definition) is 5. The molecule has 1 heterocycles. The Labute approximate surface area is 115 Å². The second-order valence-corrected chi connectivity index (χ2v) is 4.93. The Kier molecular flexibility index (Phi) is 3.91. The summed E-state index contributed by atoms with van der Waals surface area (Å²) in [7, 11) is 0. The Morgan fingerprint density at radius 2 is 2.15 bits per heavy atom. The summed E-state index contributed by atoms with van der Waals surface area (Å²) in [5, 5.41) is 23.8. The molecule has 0 aliphatic carbocycles. The van der Waals surface area contributed by atoms with E-state index in [9.17, 15) is 14.7 Å². The number of carboxylic acids is 1. The maximum absolute atomic E-state index is 11.7. The summed E-state index contributed by atoms with van der Waals surface area (Å²) in [5.41, 5.74) is -0.391. The van der Waals surface area contributed by atoms with Crippen molar-refractivity contribution in [3.8, 4) is 5.75 Å². The highest BCUT2D eigenvalue weighted by molar-refractivity contribution is 6.01. The van der Waals surface area contributed by atoms with Gasteiger partial charge in [-0.25, -0.2) is 4.79 Å². The number of hydrogen-bond donors (Lipinski definition) is 4. The van der Waals surface area contributed by atoms with Gasteiger partial charge in [0.25, 0.3) is 0 Å². The number of aromatic carboxylic acids is 1. The van der Waals surface area contributed by atoms with Gasteiger partial charge in [0.1, 0.15) is 12.4 Å². The summed E-state index contributed by atoms with van der Waals surface area (Å²) in [6.07, 6.45) is 0. The highest BCUT2D eigenvalue weighted by Gasteiger charge is 2.33. The number of phenolic OH excluding ortho intramolecular Hbond substituents is 1. The minimum absolute atomic E-state index is 0.126. The lowest BCUT2D eigenvalue weighted by Gasteiger charge is -2.38. The van der Waals surface area contributed by atoms with Gasteiger partial charge in [-0.2, -0.15) is 0 Å². The molecule has 0 spiro atoms. The van der Waals surface area contributed by atoms with E-state index in [2.05, 4.69) is 10.6 Å². The number of carbonyl (C=O) groups excluding carboxylic acids is 1. The van der Waals surface area contributed by atoms with Crippen LogP contribution in [0.3, 0.4) is 0 Å². The van der Waals surface area contributed by atoms with E-state index >= 15 is 0 Å². The maximum Gasteiger partial charge on any atom is 0.337 e. The van der Waals surface area contributed by atoms with E-state index in [-0.39, 0.29) is 29.2 Å². The Hall–Kier alpha value is -2.12. The number of benzene rings is 1. The zero-order valence-electron chi connectivity index (χ0n) is 11.0. The first-order chi connectivity index (χ1) is 9.39. The third kappa shape index (κ3) is 3.25. The van der Waals surface area contributed by atoms with Crippen LogP contribution in [-0.4, -0.2) is 47.4 Å². The van der Waals surface area contributed by atoms with Gasteiger partial charge in [-0.1, -0.05) is 0 Å². The van der Waals surface area contributed by atoms with Crippen LogP contribution >= 0.6 is 0 Å². The molecule has 1 fully saturated rings. The molecule has 0 aromatic heterocycles. The molecule has 7 nitrogen and oxygen atoms in total. The Bertz CT molecular complexity index is 540. The fourth-order valence-electron chi connectivity index (χ4n) is 1.82. The van der Waals surface area contributed by atoms with E-state index in [1.807, 2.05) is 6.92 Å². The zero-order chi connectivity index (χ0) is 14.8. The van der Waals surface area contributed by atoms with Crippen molar-refractivity contribution in [2.75, 3.05) is 25.0 Å². The minimum atomic E-state index is -1.23. The summed E-state index contributed by atoms with van der Waals surface area (Å²) in [6, 6.07) is 3.72. The Morgan fingerprint density at radius 3 is 2.70 bits per heavy atom. The van der Waals surface area contributed by atoms with Gasteiger partial charge in [0.15, 0.2) is 0 Å². The van der Waals surface area contributed by atoms with Crippen LogP contribution in [0.5, 0.6) is 5.75 Å². The van der Waals surface area contributed by atoms with Gasteiger partial charge < -0.3 is 25.6 Å². The fraction of sp³-hybridized carbons (Fsp3) is 0.385. The van der Waals surface area contributed by atoms with Gasteiger partial charge in [-0.05, 0) is 25.1 Å². The summed E-state index contributed by atoms with van der Waals surface area (Å²) in [5.74, 6) is -1.84. The number of phenols is 1. The smallest absolute Gasteiger partial charge is 0.337 e. The summed E-state index contributed by atoms with van der Waals surface area (Å²) >= 11 is 0. The summed E-state index contributed by atoms with van der Waals surface area (Å²) in [6.45, 7) is 3.10. The molecule has 1 saturated heterocycles. The number of carboxylic acid groups (broad SMARTS) is 1. The molecule has 2 rings (SSSR count). The van der Waals surface area contributed by atoms with Crippen LogP contribution in [0, 0.1) is 0 Å². The largest absolute Gasteiger partial charge is 0.508 e. The standard InChI is InChI=1S/C13H16N2O5/c1-13(6-14-7-13)20-5-11(17)15-10-3-2-8(16)4-9(10)12(18)19/h2-4,14,16H,5-7H2,1H3,(H,15,17)(H,18,19). The van der Waals surface area contributed by atoms with Crippen LogP contribution in [0.15, 0.2) is 18.2 Å². The van der Waals surface area contributed by atoms with Crippen molar-refractivity contribution in [3.63, 3.8) is 0 Å². The topological polar surface area (TPSA) is 108 Å². The van der Waals surface area contributed by atoms with Crippen LogP contribution in [0.1, 0.15) is 17.3 Å². The lowest BCUT2D eigenvalue weighted by molar-refractivity contribution is -0.130.